The van der Waals surface area contributed by atoms with Crippen molar-refractivity contribution in [3.63, 3.8) is 0 Å². The van der Waals surface area contributed by atoms with Crippen LogP contribution in [0, 0.1) is 0 Å². The maximum atomic E-state index is 5.98. The quantitative estimate of drug-likeness (QED) is 0.647. The third kappa shape index (κ3) is 2.94. The molecule has 0 atom stereocenters. The van der Waals surface area contributed by atoms with E-state index in [9.17, 15) is 0 Å². The van der Waals surface area contributed by atoms with Crippen LogP contribution in [0.1, 0.15) is 19.3 Å². The molecule has 1 aromatic carbocycles. The van der Waals surface area contributed by atoms with Crippen LogP contribution in [0.15, 0.2) is 54.4 Å². The highest BCUT2D eigenvalue weighted by Gasteiger charge is 2.02. The second-order valence-corrected chi connectivity index (χ2v) is 5.24. The minimum absolute atomic E-state index is 0.700. The molecule has 0 saturated carbocycles. The van der Waals surface area contributed by atoms with Crippen LogP contribution in [0.25, 0.3) is 10.9 Å². The lowest BCUT2D eigenvalue weighted by Gasteiger charge is -2.12. The SMILES string of the molecule is Clc1ccc2c(NN/C=C3/CC=CCC3)ccnc2c1. The summed E-state index contributed by atoms with van der Waals surface area (Å²) in [5, 5.41) is 1.75. The number of fused-ring (bicyclic) bond motifs is 1. The Bertz CT molecular complexity index is 676. The van der Waals surface area contributed by atoms with Crippen LogP contribution in [0.5, 0.6) is 0 Å². The van der Waals surface area contributed by atoms with Crippen LogP contribution in [-0.2, 0) is 0 Å². The predicted octanol–water partition coefficient (Wildman–Crippen LogP) is 4.43. The average Bonchev–Trinajstić information content (AvgIpc) is 2.48. The van der Waals surface area contributed by atoms with Gasteiger partial charge in [0.25, 0.3) is 0 Å². The maximum Gasteiger partial charge on any atom is 0.0738 e. The number of pyridine rings is 1. The number of benzene rings is 1. The van der Waals surface area contributed by atoms with Gasteiger partial charge in [-0.3, -0.25) is 4.98 Å². The van der Waals surface area contributed by atoms with Crippen LogP contribution >= 0.6 is 11.6 Å². The molecule has 102 valence electrons. The highest BCUT2D eigenvalue weighted by molar-refractivity contribution is 6.31. The van der Waals surface area contributed by atoms with Crippen molar-refractivity contribution >= 4 is 28.2 Å². The first-order valence-electron chi connectivity index (χ1n) is 6.72. The normalized spacial score (nSPS) is 16.6. The Hall–Kier alpha value is -2.00. The van der Waals surface area contributed by atoms with Crippen molar-refractivity contribution in [3.8, 4) is 0 Å². The molecule has 1 aliphatic rings. The molecule has 1 heterocycles. The number of hydrazine groups is 1. The van der Waals surface area contributed by atoms with Crippen molar-refractivity contribution in [2.45, 2.75) is 19.3 Å². The Kier molecular flexibility index (Phi) is 3.88. The number of allylic oxidation sites excluding steroid dienone is 3. The van der Waals surface area contributed by atoms with Crippen molar-refractivity contribution in [1.82, 2.24) is 10.4 Å². The number of hydrogen-bond donors (Lipinski definition) is 2. The molecular formula is C16H16ClN3. The van der Waals surface area contributed by atoms with Gasteiger partial charge in [-0.2, -0.15) is 0 Å². The summed E-state index contributed by atoms with van der Waals surface area (Å²) in [5.41, 5.74) is 9.68. The fraction of sp³-hybridized carbons (Fsp3) is 0.188. The summed E-state index contributed by atoms with van der Waals surface area (Å²) in [4.78, 5) is 4.32. The third-order valence-electron chi connectivity index (χ3n) is 3.37. The van der Waals surface area contributed by atoms with Gasteiger partial charge in [-0.25, -0.2) is 0 Å². The molecule has 0 saturated heterocycles. The van der Waals surface area contributed by atoms with E-state index in [2.05, 4.69) is 28.0 Å². The Labute approximate surface area is 123 Å². The van der Waals surface area contributed by atoms with Crippen LogP contribution in [0.3, 0.4) is 0 Å². The molecule has 4 heteroatoms. The largest absolute Gasteiger partial charge is 0.308 e. The van der Waals surface area contributed by atoms with Crippen molar-refractivity contribution in [2.75, 3.05) is 5.43 Å². The van der Waals surface area contributed by atoms with E-state index in [0.717, 1.165) is 35.9 Å². The molecule has 0 fully saturated rings. The number of nitrogens with zero attached hydrogens (tertiary/aromatic N) is 1. The predicted molar refractivity (Wildman–Crippen MR) is 84.6 cm³/mol. The van der Waals surface area contributed by atoms with Gasteiger partial charge in [0.05, 0.1) is 11.2 Å². The molecule has 0 amide bonds. The third-order valence-corrected chi connectivity index (χ3v) is 3.60. The number of rotatable bonds is 3. The molecule has 2 aromatic rings. The minimum atomic E-state index is 0.700. The second kappa shape index (κ2) is 5.97. The van der Waals surface area contributed by atoms with Crippen molar-refractivity contribution in [2.24, 2.45) is 0 Å². The van der Waals surface area contributed by atoms with E-state index in [1.54, 1.807) is 6.20 Å². The number of nitrogens with one attached hydrogen (secondary N) is 2. The van der Waals surface area contributed by atoms with Crippen LogP contribution in [-0.4, -0.2) is 4.98 Å². The van der Waals surface area contributed by atoms with Crippen LogP contribution < -0.4 is 10.9 Å². The summed E-state index contributed by atoms with van der Waals surface area (Å²) in [6.07, 6.45) is 11.5. The molecule has 20 heavy (non-hydrogen) atoms. The highest BCUT2D eigenvalue weighted by atomic mass is 35.5. The Morgan fingerprint density at radius 2 is 2.15 bits per heavy atom. The molecule has 1 aromatic heterocycles. The number of anilines is 1. The molecule has 0 spiro atoms. The Balaban J connectivity index is 1.76. The zero-order valence-electron chi connectivity index (χ0n) is 11.1. The lowest BCUT2D eigenvalue weighted by molar-refractivity contribution is 0.872. The molecule has 0 bridgehead atoms. The van der Waals surface area contributed by atoms with Gasteiger partial charge in [-0.15, -0.1) is 0 Å². The summed E-state index contributed by atoms with van der Waals surface area (Å²) in [5.74, 6) is 0. The summed E-state index contributed by atoms with van der Waals surface area (Å²) >= 11 is 5.98. The lowest BCUT2D eigenvalue weighted by Crippen LogP contribution is -2.15. The number of hydrogen-bond acceptors (Lipinski definition) is 3. The highest BCUT2D eigenvalue weighted by Crippen LogP contribution is 2.24. The molecule has 0 unspecified atom stereocenters. The van der Waals surface area contributed by atoms with Crippen LogP contribution in [0.2, 0.25) is 5.02 Å². The molecule has 1 aliphatic carbocycles. The summed E-state index contributed by atoms with van der Waals surface area (Å²) in [6, 6.07) is 7.67. The van der Waals surface area contributed by atoms with Gasteiger partial charge in [0.1, 0.15) is 0 Å². The topological polar surface area (TPSA) is 37.0 Å². The monoisotopic (exact) mass is 285 g/mol. The maximum absolute atomic E-state index is 5.98. The standard InChI is InChI=1S/C16H16ClN3/c17-13-6-7-14-15(8-9-18-16(14)10-13)20-19-11-12-4-2-1-3-5-12/h1-2,6-11,19H,3-5H2,(H,18,20)/b12-11-. The second-order valence-electron chi connectivity index (χ2n) is 4.81. The van der Waals surface area contributed by atoms with Gasteiger partial charge in [-0.05, 0) is 49.1 Å². The number of aromatic nitrogens is 1. The van der Waals surface area contributed by atoms with E-state index in [0.29, 0.717) is 5.02 Å². The van der Waals surface area contributed by atoms with Gasteiger partial charge in [-0.1, -0.05) is 23.8 Å². The van der Waals surface area contributed by atoms with Crippen molar-refractivity contribution in [1.29, 1.82) is 0 Å². The lowest BCUT2D eigenvalue weighted by atomic mass is 10.0. The smallest absolute Gasteiger partial charge is 0.0738 e. The first-order valence-corrected chi connectivity index (χ1v) is 7.09. The van der Waals surface area contributed by atoms with Crippen molar-refractivity contribution < 1.29 is 0 Å². The molecule has 2 N–H and O–H groups in total. The molecule has 0 radical (unpaired) electrons. The molecular weight excluding hydrogens is 270 g/mol. The zero-order valence-corrected chi connectivity index (χ0v) is 11.8. The van der Waals surface area contributed by atoms with Crippen LogP contribution in [0.4, 0.5) is 5.69 Å². The van der Waals surface area contributed by atoms with E-state index >= 15 is 0 Å². The summed E-state index contributed by atoms with van der Waals surface area (Å²) < 4.78 is 0. The summed E-state index contributed by atoms with van der Waals surface area (Å²) in [6.45, 7) is 0. The molecule has 3 nitrogen and oxygen atoms in total. The van der Waals surface area contributed by atoms with E-state index in [4.69, 9.17) is 11.6 Å². The first-order chi connectivity index (χ1) is 9.83. The molecule has 3 rings (SSSR count). The Morgan fingerprint density at radius 3 is 3.00 bits per heavy atom. The minimum Gasteiger partial charge on any atom is -0.308 e. The molecule has 0 aliphatic heterocycles. The van der Waals surface area contributed by atoms with Gasteiger partial charge in [0.15, 0.2) is 0 Å². The fourth-order valence-corrected chi connectivity index (χ4v) is 2.47. The van der Waals surface area contributed by atoms with E-state index < -0.39 is 0 Å². The number of halogens is 1. The van der Waals surface area contributed by atoms with Gasteiger partial charge in [0.2, 0.25) is 0 Å². The fourth-order valence-electron chi connectivity index (χ4n) is 2.30. The van der Waals surface area contributed by atoms with E-state index in [-0.39, 0.29) is 0 Å². The first kappa shape index (κ1) is 13.0. The summed E-state index contributed by atoms with van der Waals surface area (Å²) in [7, 11) is 0. The zero-order chi connectivity index (χ0) is 13.8. The van der Waals surface area contributed by atoms with Gasteiger partial charge in [0, 0.05) is 22.8 Å². The van der Waals surface area contributed by atoms with Gasteiger partial charge < -0.3 is 10.9 Å². The van der Waals surface area contributed by atoms with Gasteiger partial charge >= 0.3 is 0 Å². The van der Waals surface area contributed by atoms with E-state index in [1.165, 1.54) is 5.57 Å². The Morgan fingerprint density at radius 1 is 1.20 bits per heavy atom. The van der Waals surface area contributed by atoms with E-state index in [1.807, 2.05) is 30.5 Å². The average molecular weight is 286 g/mol. The van der Waals surface area contributed by atoms with Crippen molar-refractivity contribution in [3.05, 3.63) is 59.4 Å².